The van der Waals surface area contributed by atoms with Crippen molar-refractivity contribution in [3.63, 3.8) is 0 Å². The maximum absolute atomic E-state index is 11.6. The Morgan fingerprint density at radius 2 is 2.11 bits per heavy atom. The quantitative estimate of drug-likeness (QED) is 0.690. The first-order valence-electron chi connectivity index (χ1n) is 6.20. The molecule has 0 aliphatic heterocycles. The van der Waals surface area contributed by atoms with E-state index in [-0.39, 0.29) is 17.7 Å². The zero-order chi connectivity index (χ0) is 14.4. The molecule has 2 N–H and O–H groups in total. The van der Waals surface area contributed by atoms with Crippen molar-refractivity contribution in [2.45, 2.75) is 26.4 Å². The second-order valence-corrected chi connectivity index (χ2v) is 4.79. The summed E-state index contributed by atoms with van der Waals surface area (Å²) in [7, 11) is 3.19. The minimum absolute atomic E-state index is 0.00718. The van der Waals surface area contributed by atoms with Crippen LogP contribution < -0.4 is 10.2 Å². The molecule has 6 nitrogen and oxygen atoms in total. The first-order valence-corrected chi connectivity index (χ1v) is 6.20. The van der Waals surface area contributed by atoms with Crippen LogP contribution in [0.15, 0.2) is 16.5 Å². The molecule has 1 amide bonds. The van der Waals surface area contributed by atoms with Crippen molar-refractivity contribution in [2.24, 2.45) is 0 Å². The zero-order valence-corrected chi connectivity index (χ0v) is 11.8. The molecule has 1 aromatic rings. The van der Waals surface area contributed by atoms with E-state index < -0.39 is 5.97 Å². The molecule has 0 fully saturated rings. The molecule has 0 aliphatic carbocycles. The van der Waals surface area contributed by atoms with E-state index in [0.29, 0.717) is 18.8 Å². The average molecular weight is 269 g/mol. The lowest BCUT2D eigenvalue weighted by Gasteiger charge is -2.13. The Hall–Kier alpha value is -1.82. The number of carbonyl (C=O) groups excluding carboxylic acids is 2. The molecule has 0 spiro atoms. The number of hydrogen-bond donors (Lipinski definition) is 2. The Morgan fingerprint density at radius 1 is 1.42 bits per heavy atom. The fraction of sp³-hybridized carbons (Fsp3) is 0.538. The number of methoxy groups -OCH3 is 1. The van der Waals surface area contributed by atoms with Gasteiger partial charge >= 0.3 is 5.97 Å². The largest absolute Gasteiger partial charge is 0.463 e. The molecule has 6 heteroatoms. The minimum Gasteiger partial charge on any atom is -0.463 e. The second-order valence-electron chi connectivity index (χ2n) is 4.79. The van der Waals surface area contributed by atoms with E-state index in [9.17, 15) is 9.59 Å². The van der Waals surface area contributed by atoms with Gasteiger partial charge in [0.2, 0.25) is 5.76 Å². The molecule has 0 radical (unpaired) electrons. The van der Waals surface area contributed by atoms with Gasteiger partial charge in [0.25, 0.3) is 5.91 Å². The standard InChI is InChI=1S/C13H20N2O4/c1-9(2)14-12(16)8-15(3)7-10-5-6-11(19-10)13(17)18-4/h5-6,9H,7-8H2,1-4H3,(H,14,16)/p+1. The molecule has 0 saturated carbocycles. The fourth-order valence-electron chi connectivity index (χ4n) is 1.69. The summed E-state index contributed by atoms with van der Waals surface area (Å²) < 4.78 is 9.90. The summed E-state index contributed by atoms with van der Waals surface area (Å²) in [6.07, 6.45) is 0. The van der Waals surface area contributed by atoms with Crippen molar-refractivity contribution in [3.05, 3.63) is 23.7 Å². The first-order chi connectivity index (χ1) is 8.92. The fourth-order valence-corrected chi connectivity index (χ4v) is 1.69. The highest BCUT2D eigenvalue weighted by atomic mass is 16.5. The number of amides is 1. The van der Waals surface area contributed by atoms with Crippen molar-refractivity contribution in [3.8, 4) is 0 Å². The monoisotopic (exact) mass is 269 g/mol. The predicted octanol–water partition coefficient (Wildman–Crippen LogP) is -0.394. The van der Waals surface area contributed by atoms with Gasteiger partial charge in [-0.05, 0) is 26.0 Å². The number of quaternary nitrogens is 1. The van der Waals surface area contributed by atoms with Gasteiger partial charge in [-0.25, -0.2) is 4.79 Å². The van der Waals surface area contributed by atoms with Gasteiger partial charge in [-0.1, -0.05) is 0 Å². The third-order valence-electron chi connectivity index (χ3n) is 2.44. The molecule has 0 saturated heterocycles. The summed E-state index contributed by atoms with van der Waals surface area (Å²) in [5.41, 5.74) is 0. The first kappa shape index (κ1) is 15.2. The van der Waals surface area contributed by atoms with Crippen LogP contribution in [0.5, 0.6) is 0 Å². The lowest BCUT2D eigenvalue weighted by atomic mass is 10.3. The molecule has 0 aliphatic rings. The number of hydrogen-bond acceptors (Lipinski definition) is 4. The number of furan rings is 1. The van der Waals surface area contributed by atoms with Crippen LogP contribution in [0.1, 0.15) is 30.2 Å². The van der Waals surface area contributed by atoms with Crippen molar-refractivity contribution in [2.75, 3.05) is 20.7 Å². The summed E-state index contributed by atoms with van der Waals surface area (Å²) in [5, 5.41) is 2.83. The van der Waals surface area contributed by atoms with Crippen LogP contribution in [0.4, 0.5) is 0 Å². The normalized spacial score (nSPS) is 12.3. The van der Waals surface area contributed by atoms with Crippen LogP contribution in [-0.4, -0.2) is 38.6 Å². The van der Waals surface area contributed by atoms with Gasteiger partial charge in [-0.3, -0.25) is 4.79 Å². The molecule has 1 atom stereocenters. The Bertz CT molecular complexity index is 440. The maximum atomic E-state index is 11.6. The summed E-state index contributed by atoms with van der Waals surface area (Å²) in [6.45, 7) is 4.72. The summed E-state index contributed by atoms with van der Waals surface area (Å²) in [4.78, 5) is 23.8. The lowest BCUT2D eigenvalue weighted by Crippen LogP contribution is -3.08. The maximum Gasteiger partial charge on any atom is 0.373 e. The summed E-state index contributed by atoms with van der Waals surface area (Å²) in [6, 6.07) is 3.42. The van der Waals surface area contributed by atoms with Gasteiger partial charge in [0.05, 0.1) is 14.2 Å². The van der Waals surface area contributed by atoms with E-state index in [4.69, 9.17) is 4.42 Å². The third-order valence-corrected chi connectivity index (χ3v) is 2.44. The molecular formula is C13H21N2O4+. The van der Waals surface area contributed by atoms with E-state index in [0.717, 1.165) is 4.90 Å². The summed E-state index contributed by atoms with van der Waals surface area (Å²) >= 11 is 0. The van der Waals surface area contributed by atoms with Gasteiger partial charge in [-0.2, -0.15) is 0 Å². The lowest BCUT2D eigenvalue weighted by molar-refractivity contribution is -0.886. The van der Waals surface area contributed by atoms with Gasteiger partial charge in [-0.15, -0.1) is 0 Å². The highest BCUT2D eigenvalue weighted by Gasteiger charge is 2.16. The molecule has 1 aromatic heterocycles. The van der Waals surface area contributed by atoms with E-state index in [2.05, 4.69) is 10.1 Å². The van der Waals surface area contributed by atoms with Gasteiger partial charge < -0.3 is 19.4 Å². The van der Waals surface area contributed by atoms with Crippen molar-refractivity contribution in [1.29, 1.82) is 0 Å². The molecule has 19 heavy (non-hydrogen) atoms. The Kier molecular flexibility index (Phi) is 5.57. The topological polar surface area (TPSA) is 73.0 Å². The number of rotatable bonds is 6. The smallest absolute Gasteiger partial charge is 0.373 e. The Morgan fingerprint density at radius 3 is 2.68 bits per heavy atom. The van der Waals surface area contributed by atoms with Crippen LogP contribution in [-0.2, 0) is 16.1 Å². The van der Waals surface area contributed by atoms with Gasteiger partial charge in [0, 0.05) is 6.04 Å². The Balaban J connectivity index is 2.48. The molecule has 106 valence electrons. The van der Waals surface area contributed by atoms with Crippen LogP contribution in [0.2, 0.25) is 0 Å². The van der Waals surface area contributed by atoms with Crippen LogP contribution >= 0.6 is 0 Å². The highest BCUT2D eigenvalue weighted by Crippen LogP contribution is 2.07. The van der Waals surface area contributed by atoms with Gasteiger partial charge in [0.1, 0.15) is 6.54 Å². The molecule has 0 bridgehead atoms. The number of ether oxygens (including phenoxy) is 1. The summed E-state index contributed by atoms with van der Waals surface area (Å²) in [5.74, 6) is 0.320. The average Bonchev–Trinajstić information content (AvgIpc) is 2.74. The number of likely N-dealkylation sites (N-methyl/N-ethyl adjacent to an activating group) is 1. The van der Waals surface area contributed by atoms with E-state index in [1.807, 2.05) is 20.9 Å². The number of esters is 1. The molecule has 1 unspecified atom stereocenters. The van der Waals surface area contributed by atoms with Crippen molar-refractivity contribution in [1.82, 2.24) is 5.32 Å². The second kappa shape index (κ2) is 6.94. The minimum atomic E-state index is -0.499. The van der Waals surface area contributed by atoms with Crippen molar-refractivity contribution < 1.29 is 23.6 Å². The molecular weight excluding hydrogens is 248 g/mol. The molecule has 1 heterocycles. The predicted molar refractivity (Wildman–Crippen MR) is 68.8 cm³/mol. The Labute approximate surface area is 112 Å². The van der Waals surface area contributed by atoms with E-state index in [1.54, 1.807) is 12.1 Å². The molecule has 0 aromatic carbocycles. The van der Waals surface area contributed by atoms with Crippen LogP contribution in [0, 0.1) is 0 Å². The number of carbonyl (C=O) groups is 2. The highest BCUT2D eigenvalue weighted by molar-refractivity contribution is 5.86. The van der Waals surface area contributed by atoms with Gasteiger partial charge in [0.15, 0.2) is 12.3 Å². The zero-order valence-electron chi connectivity index (χ0n) is 11.8. The van der Waals surface area contributed by atoms with E-state index >= 15 is 0 Å². The van der Waals surface area contributed by atoms with Crippen LogP contribution in [0.25, 0.3) is 0 Å². The van der Waals surface area contributed by atoms with Crippen LogP contribution in [0.3, 0.4) is 0 Å². The molecule has 1 rings (SSSR count). The third kappa shape index (κ3) is 5.13. The van der Waals surface area contributed by atoms with Crippen molar-refractivity contribution >= 4 is 11.9 Å². The number of nitrogens with one attached hydrogen (secondary N) is 2. The van der Waals surface area contributed by atoms with E-state index in [1.165, 1.54) is 7.11 Å². The SMILES string of the molecule is COC(=O)c1ccc(C[NH+](C)CC(=O)NC(C)C)o1.